The van der Waals surface area contributed by atoms with Crippen molar-refractivity contribution in [3.8, 4) is 0 Å². The van der Waals surface area contributed by atoms with Crippen molar-refractivity contribution in [3.63, 3.8) is 0 Å². The Morgan fingerprint density at radius 3 is 2.89 bits per heavy atom. The lowest BCUT2D eigenvalue weighted by molar-refractivity contribution is -0.133. The van der Waals surface area contributed by atoms with Crippen LogP contribution in [0.3, 0.4) is 0 Å². The Morgan fingerprint density at radius 2 is 2.26 bits per heavy atom. The molecule has 2 rings (SSSR count). The van der Waals surface area contributed by atoms with E-state index < -0.39 is 6.10 Å². The van der Waals surface area contributed by atoms with E-state index >= 15 is 0 Å². The number of halogens is 1. The molecule has 19 heavy (non-hydrogen) atoms. The third kappa shape index (κ3) is 2.39. The highest BCUT2D eigenvalue weighted by Crippen LogP contribution is 2.36. The van der Waals surface area contributed by atoms with Crippen LogP contribution in [-0.2, 0) is 21.0 Å². The van der Waals surface area contributed by atoms with Crippen LogP contribution in [0.2, 0.25) is 5.02 Å². The number of ether oxygens (including phenoxy) is 2. The molecule has 0 amide bonds. The van der Waals surface area contributed by atoms with Gasteiger partial charge in [-0.25, -0.2) is 0 Å². The van der Waals surface area contributed by atoms with Gasteiger partial charge >= 0.3 is 0 Å². The minimum Gasteiger partial charge on any atom is -0.460 e. The van der Waals surface area contributed by atoms with Crippen LogP contribution in [0.15, 0.2) is 18.3 Å². The third-order valence-electron chi connectivity index (χ3n) is 2.99. The maximum absolute atomic E-state index is 10.5. The van der Waals surface area contributed by atoms with Crippen molar-refractivity contribution in [2.24, 2.45) is 0 Å². The molecule has 0 aliphatic rings. The number of carbonyl (C=O) groups excluding carboxylic acids is 1. The highest BCUT2D eigenvalue weighted by atomic mass is 35.5. The topological polar surface area (TPSA) is 66.5 Å². The minimum absolute atomic E-state index is 0.342. The first-order valence-corrected chi connectivity index (χ1v) is 6.12. The molecule has 0 spiro atoms. The smallest absolute Gasteiger partial charge is 0.293 e. The Kier molecular flexibility index (Phi) is 3.97. The van der Waals surface area contributed by atoms with Crippen molar-refractivity contribution in [1.29, 1.82) is 0 Å². The van der Waals surface area contributed by atoms with Gasteiger partial charge in [-0.3, -0.25) is 4.79 Å². The van der Waals surface area contributed by atoms with Crippen LogP contribution in [0.1, 0.15) is 18.6 Å². The molecule has 0 bridgehead atoms. The lowest BCUT2D eigenvalue weighted by Crippen LogP contribution is -2.00. The van der Waals surface area contributed by atoms with Crippen molar-refractivity contribution >= 4 is 34.7 Å². The summed E-state index contributed by atoms with van der Waals surface area (Å²) in [5, 5.41) is 1.35. The van der Waals surface area contributed by atoms with Gasteiger partial charge in [0.05, 0.1) is 16.2 Å². The number of nitrogens with two attached hydrogens (primary N) is 1. The van der Waals surface area contributed by atoms with Gasteiger partial charge in [-0.1, -0.05) is 11.6 Å². The maximum Gasteiger partial charge on any atom is 0.293 e. The molecule has 6 heteroatoms. The average Bonchev–Trinajstić information content (AvgIpc) is 2.76. The number of aromatic nitrogens is 1. The number of nitrogen functional groups attached to an aromatic ring is 1. The standard InChI is InChI=1S/C13H15ClN2O3/c1-8(19-7-17)9-5-16(6-18-2)13-11(15)4-3-10(14)12(9)13/h3-5,7-8H,6,15H2,1-2H3. The Hall–Kier alpha value is -1.72. The van der Waals surface area contributed by atoms with Gasteiger partial charge in [0.15, 0.2) is 0 Å². The quantitative estimate of drug-likeness (QED) is 0.676. The van der Waals surface area contributed by atoms with Crippen LogP contribution in [0, 0.1) is 0 Å². The minimum atomic E-state index is -0.405. The van der Waals surface area contributed by atoms with Crippen LogP contribution in [0.4, 0.5) is 5.69 Å². The number of fused-ring (bicyclic) bond motifs is 1. The highest BCUT2D eigenvalue weighted by molar-refractivity contribution is 6.36. The number of carbonyl (C=O) groups is 1. The van der Waals surface area contributed by atoms with Crippen LogP contribution < -0.4 is 5.73 Å². The summed E-state index contributed by atoms with van der Waals surface area (Å²) in [6, 6.07) is 3.47. The second-order valence-electron chi connectivity index (χ2n) is 4.21. The summed E-state index contributed by atoms with van der Waals surface area (Å²) in [5.41, 5.74) is 8.18. The SMILES string of the molecule is COCn1cc(C(C)OC=O)c2c(Cl)ccc(N)c21. The summed E-state index contributed by atoms with van der Waals surface area (Å²) in [5.74, 6) is 0. The normalized spacial score (nSPS) is 12.6. The van der Waals surface area contributed by atoms with E-state index in [0.717, 1.165) is 16.5 Å². The largest absolute Gasteiger partial charge is 0.460 e. The van der Waals surface area contributed by atoms with Crippen molar-refractivity contribution in [2.75, 3.05) is 12.8 Å². The summed E-state index contributed by atoms with van der Waals surface area (Å²) < 4.78 is 12.0. The molecule has 102 valence electrons. The molecule has 0 saturated carbocycles. The van der Waals surface area contributed by atoms with Gasteiger partial charge in [-0.2, -0.15) is 0 Å². The molecule has 1 aromatic heterocycles. The molecule has 2 aromatic rings. The van der Waals surface area contributed by atoms with E-state index in [2.05, 4.69) is 0 Å². The molecule has 1 heterocycles. The van der Waals surface area contributed by atoms with E-state index in [4.69, 9.17) is 26.8 Å². The zero-order chi connectivity index (χ0) is 14.0. The van der Waals surface area contributed by atoms with Gasteiger partial charge in [-0.15, -0.1) is 0 Å². The van der Waals surface area contributed by atoms with Crippen LogP contribution in [0.5, 0.6) is 0 Å². The lowest BCUT2D eigenvalue weighted by Gasteiger charge is -2.09. The van der Waals surface area contributed by atoms with Gasteiger partial charge in [0.2, 0.25) is 0 Å². The van der Waals surface area contributed by atoms with Crippen LogP contribution in [0.25, 0.3) is 10.9 Å². The van der Waals surface area contributed by atoms with E-state index in [0.29, 0.717) is 23.9 Å². The zero-order valence-corrected chi connectivity index (χ0v) is 11.5. The van der Waals surface area contributed by atoms with Gasteiger partial charge < -0.3 is 19.8 Å². The fourth-order valence-corrected chi connectivity index (χ4v) is 2.43. The second-order valence-corrected chi connectivity index (χ2v) is 4.61. The molecule has 1 atom stereocenters. The Morgan fingerprint density at radius 1 is 1.53 bits per heavy atom. The molecule has 0 aliphatic carbocycles. The number of benzene rings is 1. The van der Waals surface area contributed by atoms with E-state index in [-0.39, 0.29) is 0 Å². The van der Waals surface area contributed by atoms with Crippen LogP contribution in [-0.4, -0.2) is 18.1 Å². The molecular weight excluding hydrogens is 268 g/mol. The van der Waals surface area contributed by atoms with Gasteiger partial charge in [0, 0.05) is 24.3 Å². The number of rotatable bonds is 5. The number of methoxy groups -OCH3 is 1. The van der Waals surface area contributed by atoms with Gasteiger partial charge in [-0.05, 0) is 19.1 Å². The van der Waals surface area contributed by atoms with E-state index in [9.17, 15) is 4.79 Å². The Bertz CT molecular complexity index is 609. The van der Waals surface area contributed by atoms with E-state index in [1.807, 2.05) is 10.8 Å². The highest BCUT2D eigenvalue weighted by Gasteiger charge is 2.19. The van der Waals surface area contributed by atoms with E-state index in [1.165, 1.54) is 0 Å². The second kappa shape index (κ2) is 5.50. The fourth-order valence-electron chi connectivity index (χ4n) is 2.17. The van der Waals surface area contributed by atoms with Gasteiger partial charge in [0.1, 0.15) is 12.8 Å². The Balaban J connectivity index is 2.70. The molecule has 0 radical (unpaired) electrons. The zero-order valence-electron chi connectivity index (χ0n) is 10.7. The number of hydrogen-bond acceptors (Lipinski definition) is 4. The Labute approximate surface area is 115 Å². The molecule has 1 aromatic carbocycles. The molecular formula is C13H15ClN2O3. The first-order valence-electron chi connectivity index (χ1n) is 5.75. The average molecular weight is 283 g/mol. The summed E-state index contributed by atoms with van der Waals surface area (Å²) in [6.45, 7) is 2.54. The number of nitrogens with zero attached hydrogens (tertiary/aromatic N) is 1. The predicted molar refractivity (Wildman–Crippen MR) is 73.9 cm³/mol. The first kappa shape index (κ1) is 13.7. The van der Waals surface area contributed by atoms with Crippen molar-refractivity contribution < 1.29 is 14.3 Å². The third-order valence-corrected chi connectivity index (χ3v) is 3.31. The molecule has 0 saturated heterocycles. The van der Waals surface area contributed by atoms with Crippen molar-refractivity contribution in [1.82, 2.24) is 4.57 Å². The summed E-state index contributed by atoms with van der Waals surface area (Å²) >= 11 is 6.24. The summed E-state index contributed by atoms with van der Waals surface area (Å²) in [7, 11) is 1.59. The first-order chi connectivity index (χ1) is 9.10. The summed E-state index contributed by atoms with van der Waals surface area (Å²) in [6.07, 6.45) is 1.43. The number of hydrogen-bond donors (Lipinski definition) is 1. The fraction of sp³-hybridized carbons (Fsp3) is 0.308. The van der Waals surface area contributed by atoms with Crippen molar-refractivity contribution in [2.45, 2.75) is 19.8 Å². The maximum atomic E-state index is 10.5. The lowest BCUT2D eigenvalue weighted by atomic mass is 10.1. The van der Waals surface area contributed by atoms with Gasteiger partial charge in [0.25, 0.3) is 6.47 Å². The van der Waals surface area contributed by atoms with E-state index in [1.54, 1.807) is 26.2 Å². The number of anilines is 1. The van der Waals surface area contributed by atoms with Crippen LogP contribution >= 0.6 is 11.6 Å². The molecule has 0 aliphatic heterocycles. The molecule has 2 N–H and O–H groups in total. The monoisotopic (exact) mass is 282 g/mol. The molecule has 0 fully saturated rings. The van der Waals surface area contributed by atoms with Crippen molar-refractivity contribution in [3.05, 3.63) is 28.9 Å². The predicted octanol–water partition coefficient (Wildman–Crippen LogP) is 2.71. The molecule has 1 unspecified atom stereocenters. The molecule has 5 nitrogen and oxygen atoms in total. The summed E-state index contributed by atoms with van der Waals surface area (Å²) in [4.78, 5) is 10.5.